The van der Waals surface area contributed by atoms with Gasteiger partial charge in [0.15, 0.2) is 17.1 Å². The number of hydrogen-bond donors (Lipinski definition) is 0. The lowest BCUT2D eigenvalue weighted by Crippen LogP contribution is -2.26. The van der Waals surface area contributed by atoms with Crippen LogP contribution >= 0.6 is 0 Å². The van der Waals surface area contributed by atoms with Crippen molar-refractivity contribution in [3.63, 3.8) is 0 Å². The van der Waals surface area contributed by atoms with Crippen molar-refractivity contribution in [3.05, 3.63) is 76.6 Å². The van der Waals surface area contributed by atoms with Crippen molar-refractivity contribution in [3.8, 4) is 22.6 Å². The highest BCUT2D eigenvalue weighted by molar-refractivity contribution is 5.79. The van der Waals surface area contributed by atoms with Gasteiger partial charge in [0.2, 0.25) is 0 Å². The smallest absolute Gasteiger partial charge is 0.330 e. The van der Waals surface area contributed by atoms with Gasteiger partial charge in [0.05, 0.1) is 25.8 Å². The Balaban J connectivity index is 1.84. The zero-order valence-corrected chi connectivity index (χ0v) is 18.6. The third-order valence-corrected chi connectivity index (χ3v) is 5.37. The lowest BCUT2D eigenvalue weighted by atomic mass is 10.1. The number of aromatic nitrogens is 3. The van der Waals surface area contributed by atoms with Crippen molar-refractivity contribution in [1.29, 1.82) is 0 Å². The molecular weight excluding hydrogens is 409 g/mol. The molecule has 0 bridgehead atoms. The van der Waals surface area contributed by atoms with Crippen LogP contribution in [-0.4, -0.2) is 27.8 Å². The predicted octanol–water partition coefficient (Wildman–Crippen LogP) is 5.04. The van der Waals surface area contributed by atoms with Crippen molar-refractivity contribution in [2.24, 2.45) is 0 Å². The first-order chi connectivity index (χ1) is 15.4. The number of fused-ring (bicyclic) bond motifs is 1. The number of imidazole rings is 1. The second-order valence-electron chi connectivity index (χ2n) is 7.80. The van der Waals surface area contributed by atoms with E-state index in [9.17, 15) is 9.18 Å². The number of hydrogen-bond acceptors (Lipinski definition) is 4. The number of methoxy groups -OCH3 is 1. The van der Waals surface area contributed by atoms with E-state index in [2.05, 4.69) is 4.98 Å². The molecule has 0 aliphatic rings. The van der Waals surface area contributed by atoms with Gasteiger partial charge in [-0.3, -0.25) is 9.13 Å². The quantitative estimate of drug-likeness (QED) is 0.408. The van der Waals surface area contributed by atoms with E-state index in [0.29, 0.717) is 46.9 Å². The fraction of sp³-hybridized carbons (Fsp3) is 0.280. The summed E-state index contributed by atoms with van der Waals surface area (Å²) in [6.07, 6.45) is 1.61. The summed E-state index contributed by atoms with van der Waals surface area (Å²) in [5, 5.41) is 0. The van der Waals surface area contributed by atoms with Gasteiger partial charge < -0.3 is 9.47 Å². The Hall–Kier alpha value is -3.61. The van der Waals surface area contributed by atoms with E-state index in [1.54, 1.807) is 40.6 Å². The van der Waals surface area contributed by atoms with E-state index in [1.807, 2.05) is 45.0 Å². The molecule has 0 unspecified atom stereocenters. The molecule has 0 amide bonds. The average Bonchev–Trinajstić information content (AvgIpc) is 3.05. The molecule has 2 heterocycles. The summed E-state index contributed by atoms with van der Waals surface area (Å²) in [5.41, 5.74) is 3.03. The zero-order valence-electron chi connectivity index (χ0n) is 18.6. The van der Waals surface area contributed by atoms with Gasteiger partial charge >= 0.3 is 5.69 Å². The molecule has 0 saturated heterocycles. The van der Waals surface area contributed by atoms with Crippen molar-refractivity contribution < 1.29 is 13.9 Å². The molecule has 166 valence electrons. The van der Waals surface area contributed by atoms with Gasteiger partial charge in [-0.1, -0.05) is 24.3 Å². The highest BCUT2D eigenvalue weighted by atomic mass is 19.1. The maximum Gasteiger partial charge on any atom is 0.330 e. The standard InChI is InChI=1S/C25H26FN3O3/c1-5-32-23-12-17(10-11-22(23)31-4)15-28-24-21(29(16(2)3)25(28)30)13-18(14-27-24)19-8-6-7-9-20(19)26/h6-14,16H,5,15H2,1-4H3. The van der Waals surface area contributed by atoms with E-state index < -0.39 is 0 Å². The molecular formula is C25H26FN3O3. The molecule has 6 nitrogen and oxygen atoms in total. The zero-order chi connectivity index (χ0) is 22.8. The average molecular weight is 435 g/mol. The third-order valence-electron chi connectivity index (χ3n) is 5.37. The first-order valence-electron chi connectivity index (χ1n) is 10.6. The Kier molecular flexibility index (Phi) is 5.99. The molecule has 2 aromatic carbocycles. The van der Waals surface area contributed by atoms with Crippen LogP contribution in [0.3, 0.4) is 0 Å². The summed E-state index contributed by atoms with van der Waals surface area (Å²) in [5.74, 6) is 0.941. The molecule has 2 aromatic heterocycles. The van der Waals surface area contributed by atoms with Crippen LogP contribution in [0.25, 0.3) is 22.3 Å². The number of pyridine rings is 1. The van der Waals surface area contributed by atoms with Crippen molar-refractivity contribution in [1.82, 2.24) is 14.1 Å². The van der Waals surface area contributed by atoms with Gasteiger partial charge in [-0.05, 0) is 50.6 Å². The van der Waals surface area contributed by atoms with Crippen molar-refractivity contribution in [2.45, 2.75) is 33.4 Å². The molecule has 0 fully saturated rings. The minimum Gasteiger partial charge on any atom is -0.493 e. The fourth-order valence-corrected chi connectivity index (χ4v) is 3.91. The molecule has 4 rings (SSSR count). The molecule has 0 atom stereocenters. The van der Waals surface area contributed by atoms with E-state index in [-0.39, 0.29) is 17.5 Å². The summed E-state index contributed by atoms with van der Waals surface area (Å²) in [7, 11) is 1.59. The Morgan fingerprint density at radius 2 is 1.88 bits per heavy atom. The Labute approximate surface area is 185 Å². The normalized spacial score (nSPS) is 11.3. The van der Waals surface area contributed by atoms with Gasteiger partial charge in [-0.15, -0.1) is 0 Å². The Bertz CT molecular complexity index is 1320. The van der Waals surface area contributed by atoms with E-state index >= 15 is 0 Å². The molecule has 4 aromatic rings. The number of benzene rings is 2. The fourth-order valence-electron chi connectivity index (χ4n) is 3.91. The lowest BCUT2D eigenvalue weighted by Gasteiger charge is -2.11. The van der Waals surface area contributed by atoms with Gasteiger partial charge in [-0.2, -0.15) is 0 Å². The highest BCUT2D eigenvalue weighted by Gasteiger charge is 2.19. The third kappa shape index (κ3) is 3.86. The first kappa shape index (κ1) is 21.6. The second-order valence-corrected chi connectivity index (χ2v) is 7.80. The second kappa shape index (κ2) is 8.86. The molecule has 0 aliphatic heterocycles. The minimum absolute atomic E-state index is 0.0845. The predicted molar refractivity (Wildman–Crippen MR) is 123 cm³/mol. The van der Waals surface area contributed by atoms with Crippen LogP contribution in [0.5, 0.6) is 11.5 Å². The van der Waals surface area contributed by atoms with E-state index in [4.69, 9.17) is 9.47 Å². The van der Waals surface area contributed by atoms with E-state index in [1.165, 1.54) is 6.07 Å². The molecule has 0 N–H and O–H groups in total. The summed E-state index contributed by atoms with van der Waals surface area (Å²) >= 11 is 0. The maximum atomic E-state index is 14.3. The molecule has 0 saturated carbocycles. The van der Waals surface area contributed by atoms with Crippen molar-refractivity contribution in [2.75, 3.05) is 13.7 Å². The summed E-state index contributed by atoms with van der Waals surface area (Å²) in [4.78, 5) is 17.9. The van der Waals surface area contributed by atoms with Crippen LogP contribution in [0, 0.1) is 5.82 Å². The summed E-state index contributed by atoms with van der Waals surface area (Å²) < 4.78 is 28.7. The molecule has 7 heteroatoms. The van der Waals surface area contributed by atoms with Crippen LogP contribution in [0.2, 0.25) is 0 Å². The van der Waals surface area contributed by atoms with Crippen LogP contribution in [0.4, 0.5) is 4.39 Å². The minimum atomic E-state index is -0.326. The topological polar surface area (TPSA) is 58.3 Å². The molecule has 32 heavy (non-hydrogen) atoms. The summed E-state index contributed by atoms with van der Waals surface area (Å²) in [6.45, 7) is 6.63. The van der Waals surface area contributed by atoms with Gasteiger partial charge in [0, 0.05) is 23.4 Å². The monoisotopic (exact) mass is 435 g/mol. The van der Waals surface area contributed by atoms with Gasteiger partial charge in [0.25, 0.3) is 0 Å². The number of nitrogens with zero attached hydrogens (tertiary/aromatic N) is 3. The molecule has 0 radical (unpaired) electrons. The summed E-state index contributed by atoms with van der Waals surface area (Å²) in [6, 6.07) is 13.9. The van der Waals surface area contributed by atoms with E-state index in [0.717, 1.165) is 5.56 Å². The molecule has 0 spiro atoms. The van der Waals surface area contributed by atoms with Crippen LogP contribution < -0.4 is 15.2 Å². The van der Waals surface area contributed by atoms with Gasteiger partial charge in [-0.25, -0.2) is 14.2 Å². The van der Waals surface area contributed by atoms with Crippen LogP contribution in [0.1, 0.15) is 32.4 Å². The molecule has 0 aliphatic carbocycles. The van der Waals surface area contributed by atoms with Crippen LogP contribution in [-0.2, 0) is 6.54 Å². The largest absolute Gasteiger partial charge is 0.493 e. The highest BCUT2D eigenvalue weighted by Crippen LogP contribution is 2.29. The first-order valence-corrected chi connectivity index (χ1v) is 10.6. The van der Waals surface area contributed by atoms with Gasteiger partial charge in [0.1, 0.15) is 5.82 Å². The number of rotatable bonds is 7. The number of ether oxygens (including phenoxy) is 2. The lowest BCUT2D eigenvalue weighted by molar-refractivity contribution is 0.310. The Morgan fingerprint density at radius 1 is 1.09 bits per heavy atom. The Morgan fingerprint density at radius 3 is 2.56 bits per heavy atom. The SMILES string of the molecule is CCOc1cc(Cn2c(=O)n(C(C)C)c3cc(-c4ccccc4F)cnc32)ccc1OC. The maximum absolute atomic E-state index is 14.3. The number of halogens is 1. The van der Waals surface area contributed by atoms with Crippen LogP contribution in [0.15, 0.2) is 59.5 Å². The van der Waals surface area contributed by atoms with Crippen molar-refractivity contribution >= 4 is 11.2 Å².